The third-order valence-electron chi connectivity index (χ3n) is 3.53. The van der Waals surface area contributed by atoms with Gasteiger partial charge in [0.25, 0.3) is 0 Å². The van der Waals surface area contributed by atoms with Crippen molar-refractivity contribution >= 4 is 20.7 Å². The van der Waals surface area contributed by atoms with E-state index in [-0.39, 0.29) is 5.75 Å². The van der Waals surface area contributed by atoms with E-state index < -0.39 is 21.2 Å². The Morgan fingerprint density at radius 1 is 1.25 bits per heavy atom. The van der Waals surface area contributed by atoms with E-state index in [1.807, 2.05) is 31.2 Å². The Bertz CT molecular complexity index is 723. The lowest BCUT2D eigenvalue weighted by atomic mass is 10.1. The van der Waals surface area contributed by atoms with Gasteiger partial charge in [0, 0.05) is 11.1 Å². The smallest absolute Gasteiger partial charge is 0.159 e. The third kappa shape index (κ3) is 2.99. The standard InChI is InChI=1S/C15H19NO3S/c1-10-8-13(9-20(18,19)12(3)11(2)17)14-6-4-5-7-15(14)16-10/h4-8,11-12,17H,9H2,1-3H3/t11-,12-/m0/s1. The van der Waals surface area contributed by atoms with Crippen molar-refractivity contribution in [2.45, 2.75) is 37.9 Å². The molecule has 0 saturated heterocycles. The summed E-state index contributed by atoms with van der Waals surface area (Å²) in [5.41, 5.74) is 2.32. The van der Waals surface area contributed by atoms with Crippen LogP contribution in [0.3, 0.4) is 0 Å². The zero-order valence-corrected chi connectivity index (χ0v) is 12.7. The number of benzene rings is 1. The lowest BCUT2D eigenvalue weighted by molar-refractivity contribution is 0.193. The van der Waals surface area contributed by atoms with Gasteiger partial charge in [-0.1, -0.05) is 18.2 Å². The van der Waals surface area contributed by atoms with Gasteiger partial charge >= 0.3 is 0 Å². The second-order valence-electron chi connectivity index (χ2n) is 5.19. The summed E-state index contributed by atoms with van der Waals surface area (Å²) in [5.74, 6) is -0.0804. The van der Waals surface area contributed by atoms with Gasteiger partial charge in [-0.3, -0.25) is 4.98 Å². The molecule has 1 heterocycles. The number of rotatable bonds is 4. The molecule has 1 aromatic heterocycles. The molecule has 0 bridgehead atoms. The van der Waals surface area contributed by atoms with Crippen LogP contribution in [0.5, 0.6) is 0 Å². The zero-order valence-electron chi connectivity index (χ0n) is 11.9. The lowest BCUT2D eigenvalue weighted by Crippen LogP contribution is -2.30. The number of aryl methyl sites for hydroxylation is 1. The number of aromatic nitrogens is 1. The maximum absolute atomic E-state index is 12.3. The van der Waals surface area contributed by atoms with Crippen molar-refractivity contribution in [2.75, 3.05) is 0 Å². The first-order valence-corrected chi connectivity index (χ1v) is 8.27. The average Bonchev–Trinajstić information content (AvgIpc) is 2.37. The molecule has 0 fully saturated rings. The average molecular weight is 293 g/mol. The van der Waals surface area contributed by atoms with Crippen LogP contribution in [0.2, 0.25) is 0 Å². The summed E-state index contributed by atoms with van der Waals surface area (Å²) < 4.78 is 24.6. The lowest BCUT2D eigenvalue weighted by Gasteiger charge is -2.16. The number of aliphatic hydroxyl groups excluding tert-OH is 1. The third-order valence-corrected chi connectivity index (χ3v) is 5.77. The number of pyridine rings is 1. The van der Waals surface area contributed by atoms with Crippen molar-refractivity contribution in [3.63, 3.8) is 0 Å². The SMILES string of the molecule is Cc1cc(CS(=O)(=O)[C@@H](C)[C@H](C)O)c2ccccc2n1. The number of sulfone groups is 1. The molecule has 0 amide bonds. The minimum atomic E-state index is -3.40. The molecule has 2 aromatic rings. The van der Waals surface area contributed by atoms with Crippen LogP contribution in [-0.4, -0.2) is 29.9 Å². The van der Waals surface area contributed by atoms with Crippen LogP contribution < -0.4 is 0 Å². The van der Waals surface area contributed by atoms with E-state index in [1.54, 1.807) is 6.07 Å². The van der Waals surface area contributed by atoms with Gasteiger partial charge in [-0.05, 0) is 38.5 Å². The predicted octanol–water partition coefficient (Wildman–Crippen LogP) is 2.23. The summed E-state index contributed by atoms with van der Waals surface area (Å²) >= 11 is 0. The van der Waals surface area contributed by atoms with Gasteiger partial charge in [0.2, 0.25) is 0 Å². The molecule has 0 aliphatic heterocycles. The fraction of sp³-hybridized carbons (Fsp3) is 0.400. The fourth-order valence-corrected chi connectivity index (χ4v) is 3.70. The molecule has 1 N–H and O–H groups in total. The van der Waals surface area contributed by atoms with Crippen molar-refractivity contribution < 1.29 is 13.5 Å². The molecule has 4 nitrogen and oxygen atoms in total. The predicted molar refractivity (Wildman–Crippen MR) is 80.2 cm³/mol. The highest BCUT2D eigenvalue weighted by molar-refractivity contribution is 7.91. The number of hydrogen-bond donors (Lipinski definition) is 1. The second-order valence-corrected chi connectivity index (χ2v) is 7.55. The van der Waals surface area contributed by atoms with E-state index in [4.69, 9.17) is 0 Å². The van der Waals surface area contributed by atoms with E-state index in [1.165, 1.54) is 13.8 Å². The molecule has 20 heavy (non-hydrogen) atoms. The van der Waals surface area contributed by atoms with Gasteiger partial charge in [-0.2, -0.15) is 0 Å². The second kappa shape index (κ2) is 5.50. The van der Waals surface area contributed by atoms with E-state index in [9.17, 15) is 13.5 Å². The molecule has 1 aromatic carbocycles. The Labute approximate surface area is 119 Å². The van der Waals surface area contributed by atoms with Crippen LogP contribution in [0.4, 0.5) is 0 Å². The minimum absolute atomic E-state index is 0.0804. The quantitative estimate of drug-likeness (QED) is 0.938. The summed E-state index contributed by atoms with van der Waals surface area (Å²) in [5, 5.41) is 9.57. The zero-order chi connectivity index (χ0) is 14.9. The summed E-state index contributed by atoms with van der Waals surface area (Å²) in [6, 6.07) is 9.30. The Kier molecular flexibility index (Phi) is 4.11. The van der Waals surface area contributed by atoms with Crippen LogP contribution in [-0.2, 0) is 15.6 Å². The van der Waals surface area contributed by atoms with Gasteiger partial charge in [0.1, 0.15) is 0 Å². The normalized spacial score (nSPS) is 15.2. The van der Waals surface area contributed by atoms with Crippen molar-refractivity contribution in [1.82, 2.24) is 4.98 Å². The van der Waals surface area contributed by atoms with Crippen LogP contribution in [0.1, 0.15) is 25.1 Å². The molecular formula is C15H19NO3S. The number of nitrogens with zero attached hydrogens (tertiary/aromatic N) is 1. The maximum Gasteiger partial charge on any atom is 0.159 e. The Morgan fingerprint density at radius 3 is 2.55 bits per heavy atom. The van der Waals surface area contributed by atoms with Gasteiger partial charge in [-0.15, -0.1) is 0 Å². The highest BCUT2D eigenvalue weighted by Gasteiger charge is 2.26. The van der Waals surface area contributed by atoms with Crippen LogP contribution in [0.15, 0.2) is 30.3 Å². The van der Waals surface area contributed by atoms with Crippen LogP contribution in [0.25, 0.3) is 10.9 Å². The highest BCUT2D eigenvalue weighted by Crippen LogP contribution is 2.22. The summed E-state index contributed by atoms with van der Waals surface area (Å²) in [7, 11) is -3.40. The summed E-state index contributed by atoms with van der Waals surface area (Å²) in [6.07, 6.45) is -0.880. The summed E-state index contributed by atoms with van der Waals surface area (Å²) in [6.45, 7) is 4.88. The largest absolute Gasteiger partial charge is 0.392 e. The molecule has 108 valence electrons. The first kappa shape index (κ1) is 14.9. The molecular weight excluding hydrogens is 274 g/mol. The minimum Gasteiger partial charge on any atom is -0.392 e. The first-order valence-electron chi connectivity index (χ1n) is 6.56. The first-order chi connectivity index (χ1) is 9.31. The molecule has 0 aliphatic carbocycles. The fourth-order valence-electron chi connectivity index (χ4n) is 2.16. The van der Waals surface area contributed by atoms with Gasteiger partial charge in [0.05, 0.1) is 22.6 Å². The van der Waals surface area contributed by atoms with Crippen LogP contribution >= 0.6 is 0 Å². The van der Waals surface area contributed by atoms with Crippen molar-refractivity contribution in [3.8, 4) is 0 Å². The van der Waals surface area contributed by atoms with E-state index in [2.05, 4.69) is 4.98 Å². The van der Waals surface area contributed by atoms with E-state index in [0.29, 0.717) is 0 Å². The van der Waals surface area contributed by atoms with E-state index in [0.717, 1.165) is 22.2 Å². The van der Waals surface area contributed by atoms with Crippen molar-refractivity contribution in [3.05, 3.63) is 41.6 Å². The Morgan fingerprint density at radius 2 is 1.90 bits per heavy atom. The molecule has 2 atom stereocenters. The molecule has 0 radical (unpaired) electrons. The number of aliphatic hydroxyl groups is 1. The topological polar surface area (TPSA) is 67.3 Å². The Hall–Kier alpha value is -1.46. The molecule has 5 heteroatoms. The molecule has 2 rings (SSSR count). The van der Waals surface area contributed by atoms with Crippen LogP contribution in [0, 0.1) is 6.92 Å². The van der Waals surface area contributed by atoms with Crippen molar-refractivity contribution in [2.24, 2.45) is 0 Å². The molecule has 0 aliphatic rings. The Balaban J connectivity index is 2.49. The van der Waals surface area contributed by atoms with Gasteiger partial charge in [-0.25, -0.2) is 8.42 Å². The van der Waals surface area contributed by atoms with Gasteiger partial charge in [0.15, 0.2) is 9.84 Å². The van der Waals surface area contributed by atoms with Crippen molar-refractivity contribution in [1.29, 1.82) is 0 Å². The number of fused-ring (bicyclic) bond motifs is 1. The molecule has 0 saturated carbocycles. The summed E-state index contributed by atoms with van der Waals surface area (Å²) in [4.78, 5) is 4.40. The van der Waals surface area contributed by atoms with E-state index >= 15 is 0 Å². The maximum atomic E-state index is 12.3. The number of hydrogen-bond acceptors (Lipinski definition) is 4. The monoisotopic (exact) mass is 293 g/mol. The molecule has 0 spiro atoms. The molecule has 0 unspecified atom stereocenters. The number of para-hydroxylation sites is 1. The highest BCUT2D eigenvalue weighted by atomic mass is 32.2. The van der Waals surface area contributed by atoms with Gasteiger partial charge < -0.3 is 5.11 Å².